The molecule has 3 aromatic rings. The summed E-state index contributed by atoms with van der Waals surface area (Å²) in [6.45, 7) is 3.95. The molecule has 0 bridgehead atoms. The summed E-state index contributed by atoms with van der Waals surface area (Å²) in [5.74, 6) is 0.205. The van der Waals surface area contributed by atoms with E-state index in [2.05, 4.69) is 10.3 Å². The van der Waals surface area contributed by atoms with E-state index in [1.54, 1.807) is 12.1 Å². The van der Waals surface area contributed by atoms with E-state index in [9.17, 15) is 9.59 Å². The molecule has 0 saturated heterocycles. The summed E-state index contributed by atoms with van der Waals surface area (Å²) < 4.78 is 5.32. The number of halogens is 1. The fourth-order valence-electron chi connectivity index (χ4n) is 4.52. The lowest BCUT2D eigenvalue weighted by atomic mass is 9.98. The van der Waals surface area contributed by atoms with Gasteiger partial charge in [-0.05, 0) is 60.9 Å². The number of amidine groups is 1. The number of amides is 2. The quantitative estimate of drug-likeness (QED) is 0.401. The Balaban J connectivity index is 1.35. The molecule has 0 fully saturated rings. The molecule has 7 nitrogen and oxygen atoms in total. The van der Waals surface area contributed by atoms with E-state index in [4.69, 9.17) is 21.4 Å². The van der Waals surface area contributed by atoms with Gasteiger partial charge in [-0.15, -0.1) is 0 Å². The summed E-state index contributed by atoms with van der Waals surface area (Å²) in [7, 11) is 1.63. The number of hydrogen-bond acceptors (Lipinski definition) is 6. The van der Waals surface area contributed by atoms with E-state index in [-0.39, 0.29) is 24.3 Å². The molecule has 2 amide bonds. The van der Waals surface area contributed by atoms with Gasteiger partial charge in [0.15, 0.2) is 5.17 Å². The molecule has 0 aliphatic carbocycles. The summed E-state index contributed by atoms with van der Waals surface area (Å²) in [5.41, 5.74) is 5.68. The van der Waals surface area contributed by atoms with Crippen molar-refractivity contribution in [1.29, 1.82) is 0 Å². The zero-order valence-electron chi connectivity index (χ0n) is 21.3. The first kappa shape index (κ1) is 26.0. The van der Waals surface area contributed by atoms with Gasteiger partial charge in [0, 0.05) is 23.6 Å². The predicted molar refractivity (Wildman–Crippen MR) is 153 cm³/mol. The van der Waals surface area contributed by atoms with E-state index in [1.807, 2.05) is 80.6 Å². The molecule has 194 valence electrons. The SMILES string of the molecule is COc1ccc(C2CC(c3ccc(Cl)cc3)=NN2C2=NC(=O)C(CC(=O)Nc3ccc(C)cc3C)S2)cc1. The molecule has 2 heterocycles. The number of hydrazone groups is 1. The molecule has 9 heteroatoms. The molecule has 2 aliphatic heterocycles. The van der Waals surface area contributed by atoms with E-state index in [1.165, 1.54) is 11.8 Å². The first-order chi connectivity index (χ1) is 18.3. The van der Waals surface area contributed by atoms with Crippen molar-refractivity contribution in [2.75, 3.05) is 12.4 Å². The van der Waals surface area contributed by atoms with Crippen LogP contribution in [0.5, 0.6) is 5.75 Å². The van der Waals surface area contributed by atoms with Crippen LogP contribution < -0.4 is 10.1 Å². The van der Waals surface area contributed by atoms with Crippen LogP contribution in [0.3, 0.4) is 0 Å². The molecule has 0 spiro atoms. The number of benzene rings is 3. The summed E-state index contributed by atoms with van der Waals surface area (Å²) in [6, 6.07) is 21.0. The van der Waals surface area contributed by atoms with Gasteiger partial charge in [-0.3, -0.25) is 9.59 Å². The van der Waals surface area contributed by atoms with Gasteiger partial charge in [-0.1, -0.05) is 65.3 Å². The number of methoxy groups -OCH3 is 1. The smallest absolute Gasteiger partial charge is 0.262 e. The van der Waals surface area contributed by atoms with E-state index in [0.717, 1.165) is 39.4 Å². The van der Waals surface area contributed by atoms with Crippen molar-refractivity contribution in [1.82, 2.24) is 5.01 Å². The number of nitrogens with one attached hydrogen (secondary N) is 1. The van der Waals surface area contributed by atoms with Crippen LogP contribution in [-0.2, 0) is 9.59 Å². The Morgan fingerprint density at radius 2 is 1.84 bits per heavy atom. The Labute approximate surface area is 230 Å². The topological polar surface area (TPSA) is 83.4 Å². The number of anilines is 1. The van der Waals surface area contributed by atoms with Gasteiger partial charge in [-0.25, -0.2) is 5.01 Å². The van der Waals surface area contributed by atoms with Crippen molar-refractivity contribution in [3.8, 4) is 5.75 Å². The molecule has 2 atom stereocenters. The van der Waals surface area contributed by atoms with Crippen LogP contribution in [0.15, 0.2) is 76.8 Å². The largest absolute Gasteiger partial charge is 0.497 e. The average Bonchev–Trinajstić information content (AvgIpc) is 3.50. The van der Waals surface area contributed by atoms with Gasteiger partial charge in [-0.2, -0.15) is 10.1 Å². The number of aryl methyl sites for hydroxylation is 2. The van der Waals surface area contributed by atoms with Crippen LogP contribution in [0, 0.1) is 13.8 Å². The molecule has 0 saturated carbocycles. The van der Waals surface area contributed by atoms with Crippen LogP contribution in [0.2, 0.25) is 5.02 Å². The molecule has 3 aromatic carbocycles. The molecular formula is C29H27ClN4O3S. The summed E-state index contributed by atoms with van der Waals surface area (Å²) in [5, 5.41) is 10.1. The molecule has 2 unspecified atom stereocenters. The van der Waals surface area contributed by atoms with Gasteiger partial charge in [0.25, 0.3) is 5.91 Å². The Kier molecular flexibility index (Phi) is 7.53. The third-order valence-electron chi connectivity index (χ3n) is 6.54. The average molecular weight is 547 g/mol. The van der Waals surface area contributed by atoms with E-state index >= 15 is 0 Å². The predicted octanol–water partition coefficient (Wildman–Crippen LogP) is 6.14. The maximum absolute atomic E-state index is 12.9. The maximum Gasteiger partial charge on any atom is 0.262 e. The maximum atomic E-state index is 12.9. The first-order valence-corrected chi connectivity index (χ1v) is 13.5. The van der Waals surface area contributed by atoms with Crippen LogP contribution >= 0.6 is 23.4 Å². The molecule has 2 aliphatic rings. The van der Waals surface area contributed by atoms with Gasteiger partial charge in [0.2, 0.25) is 5.91 Å². The number of carbonyl (C=O) groups is 2. The lowest BCUT2D eigenvalue weighted by Gasteiger charge is -2.23. The fraction of sp³-hybridized carbons (Fsp3) is 0.241. The molecule has 0 radical (unpaired) electrons. The molecule has 0 aromatic heterocycles. The number of ether oxygens (including phenoxy) is 1. The number of nitrogens with zero attached hydrogens (tertiary/aromatic N) is 3. The molecule has 1 N–H and O–H groups in total. The second kappa shape index (κ2) is 11.0. The highest BCUT2D eigenvalue weighted by Crippen LogP contribution is 2.39. The minimum Gasteiger partial charge on any atom is -0.497 e. The lowest BCUT2D eigenvalue weighted by molar-refractivity contribution is -0.121. The van der Waals surface area contributed by atoms with Gasteiger partial charge in [0.1, 0.15) is 11.0 Å². The number of aliphatic imine (C=N–C) groups is 1. The Bertz CT molecular complexity index is 1440. The van der Waals surface area contributed by atoms with Crippen molar-refractivity contribution in [2.24, 2.45) is 10.1 Å². The van der Waals surface area contributed by atoms with Gasteiger partial charge in [0.05, 0.1) is 18.9 Å². The van der Waals surface area contributed by atoms with Crippen molar-refractivity contribution < 1.29 is 14.3 Å². The monoisotopic (exact) mass is 546 g/mol. The van der Waals surface area contributed by atoms with Crippen LogP contribution in [0.25, 0.3) is 0 Å². The molecular weight excluding hydrogens is 520 g/mol. The van der Waals surface area contributed by atoms with Crippen LogP contribution in [0.4, 0.5) is 5.69 Å². The number of rotatable bonds is 6. The minimum absolute atomic E-state index is 0.0264. The second-order valence-electron chi connectivity index (χ2n) is 9.30. The number of carbonyl (C=O) groups excluding carboxylic acids is 2. The fourth-order valence-corrected chi connectivity index (χ4v) is 5.70. The van der Waals surface area contributed by atoms with E-state index in [0.29, 0.717) is 16.6 Å². The Morgan fingerprint density at radius 3 is 2.53 bits per heavy atom. The third-order valence-corrected chi connectivity index (χ3v) is 7.93. The highest BCUT2D eigenvalue weighted by Gasteiger charge is 2.39. The number of thioether (sulfide) groups is 1. The first-order valence-electron chi connectivity index (χ1n) is 12.2. The molecule has 38 heavy (non-hydrogen) atoms. The molecule has 5 rings (SSSR count). The normalized spacial score (nSPS) is 18.8. The van der Waals surface area contributed by atoms with E-state index < -0.39 is 5.25 Å². The zero-order chi connectivity index (χ0) is 26.8. The number of hydrogen-bond donors (Lipinski definition) is 1. The van der Waals surface area contributed by atoms with Crippen molar-refractivity contribution in [2.45, 2.75) is 38.0 Å². The summed E-state index contributed by atoms with van der Waals surface area (Å²) in [4.78, 5) is 30.0. The minimum atomic E-state index is -0.609. The van der Waals surface area contributed by atoms with Gasteiger partial charge >= 0.3 is 0 Å². The summed E-state index contributed by atoms with van der Waals surface area (Å²) in [6.07, 6.45) is 0.651. The van der Waals surface area contributed by atoms with Crippen LogP contribution in [0.1, 0.15) is 41.1 Å². The third kappa shape index (κ3) is 5.61. The Hall–Kier alpha value is -3.62. The Morgan fingerprint density at radius 1 is 1.11 bits per heavy atom. The lowest BCUT2D eigenvalue weighted by Crippen LogP contribution is -2.25. The highest BCUT2D eigenvalue weighted by atomic mass is 35.5. The van der Waals surface area contributed by atoms with Crippen molar-refractivity contribution in [3.63, 3.8) is 0 Å². The van der Waals surface area contributed by atoms with Crippen LogP contribution in [-0.4, -0.2) is 40.1 Å². The van der Waals surface area contributed by atoms with Crippen molar-refractivity contribution >= 4 is 51.7 Å². The highest BCUT2D eigenvalue weighted by molar-refractivity contribution is 8.15. The standard InChI is InChI=1S/C29H27ClN4O3S/c1-17-4-13-23(18(2)14-17)31-27(35)16-26-28(36)32-29(38-26)34-25(20-7-11-22(37-3)12-8-20)15-24(33-34)19-5-9-21(30)10-6-19/h4-14,25-26H,15-16H2,1-3H3,(H,31,35). The zero-order valence-corrected chi connectivity index (χ0v) is 22.8. The second-order valence-corrected chi connectivity index (χ2v) is 10.9. The summed E-state index contributed by atoms with van der Waals surface area (Å²) >= 11 is 7.37. The van der Waals surface area contributed by atoms with Crippen molar-refractivity contribution in [3.05, 3.63) is 94.0 Å². The van der Waals surface area contributed by atoms with Gasteiger partial charge < -0.3 is 10.1 Å².